The Hall–Kier alpha value is -1.83. The molecule has 2 heterocycles. The number of aryl methyl sites for hydroxylation is 2. The topological polar surface area (TPSA) is 73.4 Å². The van der Waals surface area contributed by atoms with Gasteiger partial charge >= 0.3 is 5.69 Å². The van der Waals surface area contributed by atoms with Crippen LogP contribution in [0, 0.1) is 17.0 Å². The number of nitrogens with zero attached hydrogens (tertiary/aromatic N) is 4. The first-order chi connectivity index (χ1) is 12.4. The molecule has 1 aromatic heterocycles. The molecule has 26 heavy (non-hydrogen) atoms. The summed E-state index contributed by atoms with van der Waals surface area (Å²) in [4.78, 5) is 13.0. The molecule has 0 spiro atoms. The third-order valence-corrected chi connectivity index (χ3v) is 5.29. The molecule has 2 aromatic rings. The fourth-order valence-corrected chi connectivity index (χ4v) is 3.60. The van der Waals surface area contributed by atoms with E-state index in [0.717, 1.165) is 18.4 Å². The molecule has 140 valence electrons. The van der Waals surface area contributed by atoms with Gasteiger partial charge < -0.3 is 9.64 Å². The molecule has 0 atom stereocenters. The lowest BCUT2D eigenvalue weighted by atomic mass is 10.1. The average Bonchev–Trinajstić information content (AvgIpc) is 2.90. The Labute approximate surface area is 161 Å². The van der Waals surface area contributed by atoms with Gasteiger partial charge in [-0.1, -0.05) is 29.3 Å². The number of aromatic nitrogens is 2. The third kappa shape index (κ3) is 3.95. The van der Waals surface area contributed by atoms with E-state index in [-0.39, 0.29) is 16.7 Å². The first-order valence-electron chi connectivity index (χ1n) is 8.35. The van der Waals surface area contributed by atoms with E-state index in [2.05, 4.69) is 5.10 Å². The number of rotatable bonds is 5. The van der Waals surface area contributed by atoms with Gasteiger partial charge in [0, 0.05) is 20.1 Å². The van der Waals surface area contributed by atoms with E-state index in [1.54, 1.807) is 30.8 Å². The van der Waals surface area contributed by atoms with Crippen LogP contribution in [0.25, 0.3) is 0 Å². The molecule has 1 fully saturated rings. The summed E-state index contributed by atoms with van der Waals surface area (Å²) in [6.07, 6.45) is 1.69. The van der Waals surface area contributed by atoms with Gasteiger partial charge in [-0.2, -0.15) is 5.10 Å². The lowest BCUT2D eigenvalue weighted by Crippen LogP contribution is -2.38. The molecule has 0 N–H and O–H groups in total. The SMILES string of the molecule is Cc1nn(C)c(N2CCC(OCc3ccc(Cl)c(Cl)c3)CC2)c1[N+](=O)[O-]. The summed E-state index contributed by atoms with van der Waals surface area (Å²) in [5.74, 6) is 0.565. The zero-order valence-electron chi connectivity index (χ0n) is 14.6. The van der Waals surface area contributed by atoms with Crippen LogP contribution in [-0.4, -0.2) is 33.9 Å². The van der Waals surface area contributed by atoms with Crippen LogP contribution < -0.4 is 4.90 Å². The van der Waals surface area contributed by atoms with Crippen molar-refractivity contribution in [1.29, 1.82) is 0 Å². The van der Waals surface area contributed by atoms with Crippen molar-refractivity contribution in [2.75, 3.05) is 18.0 Å². The maximum absolute atomic E-state index is 11.4. The number of ether oxygens (including phenoxy) is 1. The fraction of sp³-hybridized carbons (Fsp3) is 0.471. The van der Waals surface area contributed by atoms with Gasteiger partial charge in [0.2, 0.25) is 5.82 Å². The van der Waals surface area contributed by atoms with Crippen LogP contribution in [0.4, 0.5) is 11.5 Å². The Morgan fingerprint density at radius 3 is 2.62 bits per heavy atom. The van der Waals surface area contributed by atoms with Gasteiger partial charge in [0.15, 0.2) is 0 Å². The first kappa shape index (κ1) is 18.9. The summed E-state index contributed by atoms with van der Waals surface area (Å²) in [6.45, 7) is 3.50. The van der Waals surface area contributed by atoms with Crippen LogP contribution in [-0.2, 0) is 18.4 Å². The lowest BCUT2D eigenvalue weighted by Gasteiger charge is -2.32. The quantitative estimate of drug-likeness (QED) is 0.558. The van der Waals surface area contributed by atoms with E-state index < -0.39 is 0 Å². The molecule has 1 saturated heterocycles. The van der Waals surface area contributed by atoms with Crippen molar-refractivity contribution >= 4 is 34.7 Å². The number of nitro groups is 1. The number of benzene rings is 1. The van der Waals surface area contributed by atoms with E-state index in [1.165, 1.54) is 0 Å². The van der Waals surface area contributed by atoms with Gasteiger partial charge in [0.1, 0.15) is 5.69 Å². The van der Waals surface area contributed by atoms with E-state index in [1.807, 2.05) is 11.0 Å². The van der Waals surface area contributed by atoms with Gasteiger partial charge in [0.25, 0.3) is 0 Å². The van der Waals surface area contributed by atoms with Crippen LogP contribution in [0.1, 0.15) is 24.1 Å². The molecule has 1 aliphatic rings. The normalized spacial score (nSPS) is 15.5. The van der Waals surface area contributed by atoms with Crippen LogP contribution in [0.15, 0.2) is 18.2 Å². The molecule has 0 aliphatic carbocycles. The van der Waals surface area contributed by atoms with Gasteiger partial charge in [-0.3, -0.25) is 10.1 Å². The summed E-state index contributed by atoms with van der Waals surface area (Å²) in [6, 6.07) is 5.46. The van der Waals surface area contributed by atoms with E-state index in [0.29, 0.717) is 41.3 Å². The molecule has 0 saturated carbocycles. The summed E-state index contributed by atoms with van der Waals surface area (Å²) in [5, 5.41) is 16.6. The number of halogens is 2. The van der Waals surface area contributed by atoms with Crippen molar-refractivity contribution in [3.63, 3.8) is 0 Å². The fourth-order valence-electron chi connectivity index (χ4n) is 3.28. The molecule has 0 bridgehead atoms. The first-order valence-corrected chi connectivity index (χ1v) is 9.11. The molecule has 0 unspecified atom stereocenters. The highest BCUT2D eigenvalue weighted by atomic mass is 35.5. The zero-order valence-corrected chi connectivity index (χ0v) is 16.1. The summed E-state index contributed by atoms with van der Waals surface area (Å²) in [7, 11) is 1.74. The van der Waals surface area contributed by atoms with E-state index in [9.17, 15) is 10.1 Å². The van der Waals surface area contributed by atoms with E-state index >= 15 is 0 Å². The maximum Gasteiger partial charge on any atom is 0.333 e. The predicted octanol–water partition coefficient (Wildman–Crippen LogP) is 4.13. The Morgan fingerprint density at radius 2 is 2.00 bits per heavy atom. The second kappa shape index (κ2) is 7.82. The smallest absolute Gasteiger partial charge is 0.333 e. The third-order valence-electron chi connectivity index (χ3n) is 4.55. The second-order valence-electron chi connectivity index (χ2n) is 6.38. The highest BCUT2D eigenvalue weighted by Crippen LogP contribution is 2.33. The Morgan fingerprint density at radius 1 is 1.31 bits per heavy atom. The molecular formula is C17H20Cl2N4O3. The lowest BCUT2D eigenvalue weighted by molar-refractivity contribution is -0.384. The second-order valence-corrected chi connectivity index (χ2v) is 7.20. The minimum absolute atomic E-state index is 0.0858. The van der Waals surface area contributed by atoms with E-state index in [4.69, 9.17) is 27.9 Å². The van der Waals surface area contributed by atoms with Gasteiger partial charge in [-0.05, 0) is 37.5 Å². The molecule has 1 aromatic carbocycles. The predicted molar refractivity (Wildman–Crippen MR) is 101 cm³/mol. The average molecular weight is 399 g/mol. The summed E-state index contributed by atoms with van der Waals surface area (Å²) in [5.41, 5.74) is 1.49. The molecule has 0 radical (unpaired) electrons. The molecular weight excluding hydrogens is 379 g/mol. The van der Waals surface area contributed by atoms with Crippen molar-refractivity contribution in [1.82, 2.24) is 9.78 Å². The molecule has 1 aliphatic heterocycles. The molecule has 0 amide bonds. The van der Waals surface area contributed by atoms with Crippen LogP contribution >= 0.6 is 23.2 Å². The number of anilines is 1. The van der Waals surface area contributed by atoms with Crippen molar-refractivity contribution in [2.45, 2.75) is 32.5 Å². The van der Waals surface area contributed by atoms with Crippen LogP contribution in [0.3, 0.4) is 0 Å². The van der Waals surface area contributed by atoms with Crippen molar-refractivity contribution in [3.05, 3.63) is 49.6 Å². The van der Waals surface area contributed by atoms with Gasteiger partial charge in [-0.25, -0.2) is 4.68 Å². The zero-order chi connectivity index (χ0) is 18.8. The Balaban J connectivity index is 1.59. The summed E-state index contributed by atoms with van der Waals surface area (Å²) < 4.78 is 7.56. The van der Waals surface area contributed by atoms with Crippen molar-refractivity contribution in [2.24, 2.45) is 7.05 Å². The minimum Gasteiger partial charge on any atom is -0.373 e. The molecule has 7 nitrogen and oxygen atoms in total. The molecule has 3 rings (SSSR count). The highest BCUT2D eigenvalue weighted by Gasteiger charge is 2.31. The van der Waals surface area contributed by atoms with Crippen LogP contribution in [0.5, 0.6) is 0 Å². The largest absolute Gasteiger partial charge is 0.373 e. The van der Waals surface area contributed by atoms with Crippen molar-refractivity contribution in [3.8, 4) is 0 Å². The summed E-state index contributed by atoms with van der Waals surface area (Å²) >= 11 is 11.9. The minimum atomic E-state index is -0.357. The van der Waals surface area contributed by atoms with Gasteiger partial charge in [0.05, 0.1) is 27.7 Å². The number of hydrogen-bond acceptors (Lipinski definition) is 5. The Kier molecular flexibility index (Phi) is 5.70. The monoisotopic (exact) mass is 398 g/mol. The highest BCUT2D eigenvalue weighted by molar-refractivity contribution is 6.42. The maximum atomic E-state index is 11.4. The van der Waals surface area contributed by atoms with Crippen molar-refractivity contribution < 1.29 is 9.66 Å². The number of piperidine rings is 1. The standard InChI is InChI=1S/C17H20Cl2N4O3/c1-11-16(23(24)25)17(21(2)20-11)22-7-5-13(6-8-22)26-10-12-3-4-14(18)15(19)9-12/h3-4,9,13H,5-8,10H2,1-2H3. The van der Waals surface area contributed by atoms with Crippen LogP contribution in [0.2, 0.25) is 10.0 Å². The Bertz CT molecular complexity index is 817. The number of hydrogen-bond donors (Lipinski definition) is 0. The van der Waals surface area contributed by atoms with Gasteiger partial charge in [-0.15, -0.1) is 0 Å². The molecule has 9 heteroatoms.